The first kappa shape index (κ1) is 6.39. The van der Waals surface area contributed by atoms with E-state index >= 15 is 0 Å². The van der Waals surface area contributed by atoms with Gasteiger partial charge in [-0.3, -0.25) is 4.57 Å². The van der Waals surface area contributed by atoms with Gasteiger partial charge < -0.3 is 5.32 Å². The average Bonchev–Trinajstić information content (AvgIpc) is 2.21. The summed E-state index contributed by atoms with van der Waals surface area (Å²) in [6.45, 7) is 2.76. The monoisotopic (exact) mass is 151 g/mol. The van der Waals surface area contributed by atoms with Crippen molar-refractivity contribution in [2.24, 2.45) is 0 Å². The zero-order valence-electron chi connectivity index (χ0n) is 6.24. The Bertz CT molecular complexity index is 331. The van der Waals surface area contributed by atoms with Gasteiger partial charge in [0.2, 0.25) is 0 Å². The van der Waals surface area contributed by atoms with E-state index in [0.717, 1.165) is 6.54 Å². The van der Waals surface area contributed by atoms with Crippen LogP contribution in [0.1, 0.15) is 13.0 Å². The third-order valence-corrected chi connectivity index (χ3v) is 1.88. The molecule has 1 unspecified atom stereocenters. The number of rotatable bonds is 0. The summed E-state index contributed by atoms with van der Waals surface area (Å²) in [5.74, 6) is 0.676. The predicted molar refractivity (Wildman–Crippen MR) is 41.7 cm³/mol. The summed E-state index contributed by atoms with van der Waals surface area (Å²) in [7, 11) is 0. The van der Waals surface area contributed by atoms with E-state index in [1.54, 1.807) is 10.8 Å². The van der Waals surface area contributed by atoms with Gasteiger partial charge in [-0.05, 0) is 13.0 Å². The lowest BCUT2D eigenvalue weighted by atomic mass is 10.3. The fourth-order valence-electron chi connectivity index (χ4n) is 1.20. The van der Waals surface area contributed by atoms with Crippen molar-refractivity contribution in [2.75, 3.05) is 11.9 Å². The molecule has 0 saturated heterocycles. The van der Waals surface area contributed by atoms with E-state index in [9.17, 15) is 4.79 Å². The van der Waals surface area contributed by atoms with Crippen molar-refractivity contribution in [1.82, 2.24) is 9.55 Å². The predicted octanol–water partition coefficient (Wildman–Crippen LogP) is 0.230. The average molecular weight is 151 g/mol. The highest BCUT2D eigenvalue weighted by atomic mass is 16.1. The summed E-state index contributed by atoms with van der Waals surface area (Å²) < 4.78 is 1.63. The van der Waals surface area contributed by atoms with Gasteiger partial charge in [0.05, 0.1) is 6.04 Å². The molecule has 0 aliphatic carbocycles. The highest BCUT2D eigenvalue weighted by Gasteiger charge is 2.12. The molecule has 0 spiro atoms. The van der Waals surface area contributed by atoms with Crippen LogP contribution in [0.5, 0.6) is 0 Å². The van der Waals surface area contributed by atoms with E-state index in [1.165, 1.54) is 0 Å². The van der Waals surface area contributed by atoms with E-state index < -0.39 is 0 Å². The van der Waals surface area contributed by atoms with Crippen molar-refractivity contribution >= 4 is 5.82 Å². The molecule has 0 aromatic carbocycles. The molecule has 4 nitrogen and oxygen atoms in total. The zero-order valence-corrected chi connectivity index (χ0v) is 6.24. The van der Waals surface area contributed by atoms with Crippen LogP contribution in [0.2, 0.25) is 0 Å². The first-order valence-electron chi connectivity index (χ1n) is 3.60. The van der Waals surface area contributed by atoms with Crippen LogP contribution < -0.4 is 11.0 Å². The summed E-state index contributed by atoms with van der Waals surface area (Å²) in [5.41, 5.74) is -0.167. The lowest BCUT2D eigenvalue weighted by Crippen LogP contribution is -2.23. The van der Waals surface area contributed by atoms with E-state index in [1.807, 2.05) is 13.0 Å². The summed E-state index contributed by atoms with van der Waals surface area (Å²) in [4.78, 5) is 14.9. The maximum Gasteiger partial charge on any atom is 0.349 e. The molecule has 1 aromatic rings. The second-order valence-corrected chi connectivity index (χ2v) is 2.73. The molecule has 2 aliphatic rings. The molecular formula is C7H9N3O. The molecule has 11 heavy (non-hydrogen) atoms. The van der Waals surface area contributed by atoms with Crippen molar-refractivity contribution in [3.8, 4) is 0 Å². The lowest BCUT2D eigenvalue weighted by Gasteiger charge is -2.07. The van der Waals surface area contributed by atoms with E-state index in [2.05, 4.69) is 10.3 Å². The van der Waals surface area contributed by atoms with Crippen molar-refractivity contribution in [3.63, 3.8) is 0 Å². The van der Waals surface area contributed by atoms with Gasteiger partial charge in [0.1, 0.15) is 5.82 Å². The number of anilines is 1. The van der Waals surface area contributed by atoms with Crippen molar-refractivity contribution in [2.45, 2.75) is 13.0 Å². The quantitative estimate of drug-likeness (QED) is 0.577. The maximum atomic E-state index is 11.1. The summed E-state index contributed by atoms with van der Waals surface area (Å²) in [6, 6.07) is 2.01. The number of hydrogen-bond donors (Lipinski definition) is 1. The summed E-state index contributed by atoms with van der Waals surface area (Å²) in [6.07, 6.45) is 1.77. The molecule has 2 bridgehead atoms. The SMILES string of the molecule is CC1CNc2ccn1c(=O)n2. The molecule has 3 rings (SSSR count). The standard InChI is InChI=1S/C7H9N3O/c1-5-4-8-6-2-3-10(5)7(11)9-6/h2-3,5H,4H2,1H3,(H,8,9,11). The number of fused-ring (bicyclic) bond motifs is 4. The normalized spacial score (nSPS) is 21.0. The van der Waals surface area contributed by atoms with Gasteiger partial charge in [-0.1, -0.05) is 0 Å². The van der Waals surface area contributed by atoms with Crippen LogP contribution >= 0.6 is 0 Å². The molecule has 4 heteroatoms. The molecule has 0 fully saturated rings. The topological polar surface area (TPSA) is 46.9 Å². The second kappa shape index (κ2) is 2.08. The largest absolute Gasteiger partial charge is 0.368 e. The van der Waals surface area contributed by atoms with Crippen LogP contribution in [-0.4, -0.2) is 16.1 Å². The Morgan fingerprint density at radius 2 is 2.64 bits per heavy atom. The minimum atomic E-state index is -0.167. The van der Waals surface area contributed by atoms with Gasteiger partial charge in [0.25, 0.3) is 0 Å². The van der Waals surface area contributed by atoms with E-state index in [-0.39, 0.29) is 11.7 Å². The molecule has 1 N–H and O–H groups in total. The number of hydrogen-bond acceptors (Lipinski definition) is 3. The minimum Gasteiger partial charge on any atom is -0.368 e. The molecule has 1 atom stereocenters. The Kier molecular flexibility index (Phi) is 1.21. The van der Waals surface area contributed by atoms with Crippen LogP contribution in [0, 0.1) is 0 Å². The molecule has 3 heterocycles. The van der Waals surface area contributed by atoms with Gasteiger partial charge in [-0.25, -0.2) is 4.79 Å². The maximum absolute atomic E-state index is 11.1. The lowest BCUT2D eigenvalue weighted by molar-refractivity contribution is 0.557. The molecule has 1 aromatic heterocycles. The third kappa shape index (κ3) is 0.906. The number of nitrogens with zero attached hydrogens (tertiary/aromatic N) is 2. The highest BCUT2D eigenvalue weighted by molar-refractivity contribution is 5.33. The van der Waals surface area contributed by atoms with Crippen LogP contribution in [0.15, 0.2) is 17.1 Å². The molecule has 0 amide bonds. The Morgan fingerprint density at radius 3 is 3.36 bits per heavy atom. The van der Waals surface area contributed by atoms with Crippen LogP contribution in [-0.2, 0) is 0 Å². The molecule has 2 aliphatic heterocycles. The fraction of sp³-hybridized carbons (Fsp3) is 0.429. The van der Waals surface area contributed by atoms with Crippen LogP contribution in [0.25, 0.3) is 0 Å². The van der Waals surface area contributed by atoms with E-state index in [4.69, 9.17) is 0 Å². The Balaban J connectivity index is 2.66. The van der Waals surface area contributed by atoms with Crippen molar-refractivity contribution < 1.29 is 0 Å². The van der Waals surface area contributed by atoms with E-state index in [0.29, 0.717) is 5.82 Å². The second-order valence-electron chi connectivity index (χ2n) is 2.73. The van der Waals surface area contributed by atoms with Gasteiger partial charge >= 0.3 is 5.69 Å². The Morgan fingerprint density at radius 1 is 1.82 bits per heavy atom. The van der Waals surface area contributed by atoms with Crippen LogP contribution in [0.3, 0.4) is 0 Å². The van der Waals surface area contributed by atoms with Crippen LogP contribution in [0.4, 0.5) is 5.82 Å². The first-order chi connectivity index (χ1) is 5.27. The zero-order chi connectivity index (χ0) is 7.84. The number of aromatic nitrogens is 2. The van der Waals surface area contributed by atoms with Gasteiger partial charge in [-0.2, -0.15) is 4.98 Å². The van der Waals surface area contributed by atoms with Gasteiger partial charge in [0, 0.05) is 12.7 Å². The third-order valence-electron chi connectivity index (χ3n) is 1.88. The van der Waals surface area contributed by atoms with Gasteiger partial charge in [-0.15, -0.1) is 0 Å². The van der Waals surface area contributed by atoms with Crippen molar-refractivity contribution in [3.05, 3.63) is 22.7 Å². The highest BCUT2D eigenvalue weighted by Crippen LogP contribution is 2.09. The fourth-order valence-corrected chi connectivity index (χ4v) is 1.20. The molecule has 58 valence electrons. The van der Waals surface area contributed by atoms with Crippen molar-refractivity contribution in [1.29, 1.82) is 0 Å². The molecule has 0 saturated carbocycles. The molecule has 0 radical (unpaired) electrons. The number of nitrogens with one attached hydrogen (secondary N) is 1. The Hall–Kier alpha value is -1.32. The summed E-state index contributed by atoms with van der Waals surface area (Å²) in [5, 5.41) is 3.05. The smallest absolute Gasteiger partial charge is 0.349 e. The first-order valence-corrected chi connectivity index (χ1v) is 3.60. The Labute approximate surface area is 63.9 Å². The summed E-state index contributed by atoms with van der Waals surface area (Å²) >= 11 is 0. The van der Waals surface area contributed by atoms with Gasteiger partial charge in [0.15, 0.2) is 0 Å². The molecular weight excluding hydrogens is 142 g/mol. The minimum absolute atomic E-state index is 0.167.